The Labute approximate surface area is 133 Å². The first-order valence-corrected chi connectivity index (χ1v) is 7.25. The van der Waals surface area contributed by atoms with Crippen LogP contribution in [0.25, 0.3) is 0 Å². The molecular formula is C16H20FNO5. The maximum absolute atomic E-state index is 13.1. The van der Waals surface area contributed by atoms with Gasteiger partial charge in [0, 0.05) is 0 Å². The first-order valence-electron chi connectivity index (χ1n) is 7.25. The lowest BCUT2D eigenvalue weighted by molar-refractivity contribution is -0.147. The number of benzene rings is 1. The monoisotopic (exact) mass is 325 g/mol. The fourth-order valence-electron chi connectivity index (χ4n) is 2.10. The summed E-state index contributed by atoms with van der Waals surface area (Å²) in [7, 11) is 0. The van der Waals surface area contributed by atoms with Crippen molar-refractivity contribution in [1.82, 2.24) is 5.32 Å². The number of hydrogen-bond acceptors (Lipinski definition) is 4. The molecule has 0 heterocycles. The fraction of sp³-hybridized carbons (Fsp3) is 0.438. The van der Waals surface area contributed by atoms with Crippen LogP contribution in [0, 0.1) is 11.7 Å². The highest BCUT2D eigenvalue weighted by atomic mass is 19.1. The van der Waals surface area contributed by atoms with Crippen LogP contribution < -0.4 is 5.32 Å². The van der Waals surface area contributed by atoms with Crippen LogP contribution in [0.15, 0.2) is 24.3 Å². The summed E-state index contributed by atoms with van der Waals surface area (Å²) in [6, 6.07) is 4.27. The zero-order valence-corrected chi connectivity index (χ0v) is 13.0. The van der Waals surface area contributed by atoms with Gasteiger partial charge < -0.3 is 15.2 Å². The zero-order valence-electron chi connectivity index (χ0n) is 13.0. The molecule has 0 spiro atoms. The second-order valence-electron chi connectivity index (χ2n) is 5.18. The van der Waals surface area contributed by atoms with E-state index in [1.165, 1.54) is 25.1 Å². The first-order chi connectivity index (χ1) is 10.8. The van der Waals surface area contributed by atoms with Crippen LogP contribution in [0.4, 0.5) is 4.39 Å². The molecule has 6 nitrogen and oxygen atoms in total. The second kappa shape index (κ2) is 8.87. The molecule has 1 aromatic rings. The van der Waals surface area contributed by atoms with Crippen molar-refractivity contribution in [2.75, 3.05) is 6.61 Å². The van der Waals surface area contributed by atoms with Crippen LogP contribution in [0.2, 0.25) is 0 Å². The SMILES string of the molecule is CCOC(=O)C[C@@H](C)[C@H](NC(=O)Cc1cccc(F)c1)C(=O)O. The lowest BCUT2D eigenvalue weighted by Gasteiger charge is -2.20. The van der Waals surface area contributed by atoms with E-state index in [9.17, 15) is 23.9 Å². The third-order valence-corrected chi connectivity index (χ3v) is 3.20. The molecular weight excluding hydrogens is 305 g/mol. The molecule has 0 saturated heterocycles. The van der Waals surface area contributed by atoms with E-state index in [0.29, 0.717) is 5.56 Å². The Balaban J connectivity index is 2.66. The molecule has 0 aliphatic carbocycles. The van der Waals surface area contributed by atoms with Crippen molar-refractivity contribution < 1.29 is 28.6 Å². The van der Waals surface area contributed by atoms with Crippen LogP contribution in [0.5, 0.6) is 0 Å². The van der Waals surface area contributed by atoms with E-state index in [-0.39, 0.29) is 19.4 Å². The van der Waals surface area contributed by atoms with Crippen LogP contribution in [-0.2, 0) is 25.5 Å². The standard InChI is InChI=1S/C16H20FNO5/c1-3-23-14(20)7-10(2)15(16(21)22)18-13(19)9-11-5-4-6-12(17)8-11/h4-6,8,10,15H,3,7,9H2,1-2H3,(H,18,19)(H,21,22)/t10-,15+/m1/s1. The van der Waals surface area contributed by atoms with Gasteiger partial charge in [0.2, 0.25) is 5.91 Å². The average Bonchev–Trinajstić information content (AvgIpc) is 2.44. The Kier molecular flexibility index (Phi) is 7.18. The Morgan fingerprint density at radius 1 is 1.35 bits per heavy atom. The minimum atomic E-state index is -1.24. The number of aliphatic carboxylic acids is 1. The summed E-state index contributed by atoms with van der Waals surface area (Å²) < 4.78 is 17.8. The summed E-state index contributed by atoms with van der Waals surface area (Å²) in [5.74, 6) is -3.43. The summed E-state index contributed by atoms with van der Waals surface area (Å²) in [5, 5.41) is 11.6. The number of nitrogens with one attached hydrogen (secondary N) is 1. The number of rotatable bonds is 8. The summed E-state index contributed by atoms with van der Waals surface area (Å²) in [5.41, 5.74) is 0.435. The lowest BCUT2D eigenvalue weighted by atomic mass is 9.98. The molecule has 23 heavy (non-hydrogen) atoms. The van der Waals surface area contributed by atoms with E-state index in [1.54, 1.807) is 13.0 Å². The maximum atomic E-state index is 13.1. The zero-order chi connectivity index (χ0) is 17.4. The molecule has 126 valence electrons. The Bertz CT molecular complexity index is 575. The van der Waals surface area contributed by atoms with Crippen molar-refractivity contribution in [3.05, 3.63) is 35.6 Å². The molecule has 2 atom stereocenters. The van der Waals surface area contributed by atoms with E-state index in [0.717, 1.165) is 0 Å². The van der Waals surface area contributed by atoms with Gasteiger partial charge in [0.15, 0.2) is 0 Å². The number of halogens is 1. The smallest absolute Gasteiger partial charge is 0.326 e. The second-order valence-corrected chi connectivity index (χ2v) is 5.18. The molecule has 0 aliphatic rings. The van der Waals surface area contributed by atoms with Crippen LogP contribution in [0.3, 0.4) is 0 Å². The molecule has 0 aromatic heterocycles. The van der Waals surface area contributed by atoms with Gasteiger partial charge >= 0.3 is 11.9 Å². The van der Waals surface area contributed by atoms with Crippen LogP contribution in [-0.4, -0.2) is 35.6 Å². The van der Waals surface area contributed by atoms with Crippen LogP contribution in [0.1, 0.15) is 25.8 Å². The van der Waals surface area contributed by atoms with Gasteiger partial charge in [-0.3, -0.25) is 9.59 Å². The number of amides is 1. The summed E-state index contributed by atoms with van der Waals surface area (Å²) in [6.45, 7) is 3.39. The topological polar surface area (TPSA) is 92.7 Å². The van der Waals surface area contributed by atoms with Crippen molar-refractivity contribution in [3.63, 3.8) is 0 Å². The number of hydrogen-bond donors (Lipinski definition) is 2. The third kappa shape index (κ3) is 6.46. The summed E-state index contributed by atoms with van der Waals surface area (Å²) >= 11 is 0. The van der Waals surface area contributed by atoms with Gasteiger partial charge in [-0.25, -0.2) is 9.18 Å². The number of carboxylic acids is 1. The average molecular weight is 325 g/mol. The molecule has 1 amide bonds. The molecule has 0 fully saturated rings. The highest BCUT2D eigenvalue weighted by molar-refractivity contribution is 5.85. The first kappa shape index (κ1) is 18.6. The number of carbonyl (C=O) groups is 3. The Morgan fingerprint density at radius 2 is 2.04 bits per heavy atom. The third-order valence-electron chi connectivity index (χ3n) is 3.20. The van der Waals surface area contributed by atoms with Crippen molar-refractivity contribution >= 4 is 17.8 Å². The molecule has 1 rings (SSSR count). The molecule has 0 unspecified atom stereocenters. The van der Waals surface area contributed by atoms with Crippen molar-refractivity contribution in [3.8, 4) is 0 Å². The van der Waals surface area contributed by atoms with Crippen molar-refractivity contribution in [2.24, 2.45) is 5.92 Å². The number of carbonyl (C=O) groups excluding carboxylic acids is 2. The summed E-state index contributed by atoms with van der Waals surface area (Å²) in [6.07, 6.45) is -0.265. The van der Waals surface area contributed by atoms with Gasteiger partial charge in [0.25, 0.3) is 0 Å². The minimum absolute atomic E-state index is 0.120. The fourth-order valence-corrected chi connectivity index (χ4v) is 2.10. The molecule has 0 bridgehead atoms. The van der Waals surface area contributed by atoms with Gasteiger partial charge in [-0.05, 0) is 30.5 Å². The molecule has 0 aliphatic heterocycles. The van der Waals surface area contributed by atoms with Gasteiger partial charge in [0.1, 0.15) is 11.9 Å². The normalized spacial score (nSPS) is 13.0. The Morgan fingerprint density at radius 3 is 2.61 bits per heavy atom. The van der Waals surface area contributed by atoms with E-state index in [2.05, 4.69) is 5.32 Å². The predicted molar refractivity (Wildman–Crippen MR) is 80.1 cm³/mol. The maximum Gasteiger partial charge on any atom is 0.326 e. The highest BCUT2D eigenvalue weighted by Gasteiger charge is 2.28. The quantitative estimate of drug-likeness (QED) is 0.707. The largest absolute Gasteiger partial charge is 0.480 e. The number of ether oxygens (including phenoxy) is 1. The van der Waals surface area contributed by atoms with E-state index < -0.39 is 35.6 Å². The van der Waals surface area contributed by atoms with Crippen LogP contribution >= 0.6 is 0 Å². The Hall–Kier alpha value is -2.44. The minimum Gasteiger partial charge on any atom is -0.480 e. The molecule has 0 saturated carbocycles. The lowest BCUT2D eigenvalue weighted by Crippen LogP contribution is -2.46. The van der Waals surface area contributed by atoms with Crippen molar-refractivity contribution in [2.45, 2.75) is 32.7 Å². The van der Waals surface area contributed by atoms with Crippen molar-refractivity contribution in [1.29, 1.82) is 0 Å². The van der Waals surface area contributed by atoms with Gasteiger partial charge in [-0.2, -0.15) is 0 Å². The molecule has 0 radical (unpaired) electrons. The molecule has 1 aromatic carbocycles. The molecule has 2 N–H and O–H groups in total. The van der Waals surface area contributed by atoms with Gasteiger partial charge in [-0.15, -0.1) is 0 Å². The van der Waals surface area contributed by atoms with E-state index in [4.69, 9.17) is 4.74 Å². The van der Waals surface area contributed by atoms with E-state index >= 15 is 0 Å². The number of esters is 1. The molecule has 7 heteroatoms. The predicted octanol–water partition coefficient (Wildman–Crippen LogP) is 1.53. The van der Waals surface area contributed by atoms with E-state index in [1.807, 2.05) is 0 Å². The number of carboxylic acid groups (broad SMARTS) is 1. The highest BCUT2D eigenvalue weighted by Crippen LogP contribution is 2.11. The summed E-state index contributed by atoms with van der Waals surface area (Å²) in [4.78, 5) is 34.7. The van der Waals surface area contributed by atoms with Gasteiger partial charge in [0.05, 0.1) is 19.4 Å². The van der Waals surface area contributed by atoms with Gasteiger partial charge in [-0.1, -0.05) is 19.1 Å².